The van der Waals surface area contributed by atoms with Crippen LogP contribution in [0.3, 0.4) is 0 Å². The molecule has 5 rings (SSSR count). The number of unbranched alkanes of at least 4 members (excludes halogenated alkanes) is 1. The third kappa shape index (κ3) is 5.79. The summed E-state index contributed by atoms with van der Waals surface area (Å²) in [5, 5.41) is 4.66. The molecule has 2 aromatic carbocycles. The number of hydrogen-bond acceptors (Lipinski definition) is 6. The van der Waals surface area contributed by atoms with Gasteiger partial charge in [0.2, 0.25) is 0 Å². The Kier molecular flexibility index (Phi) is 6.67. The van der Waals surface area contributed by atoms with E-state index in [1.807, 2.05) is 39.0 Å². The number of ether oxygens (including phenoxy) is 1. The molecule has 37 heavy (non-hydrogen) atoms. The second-order valence-electron chi connectivity index (χ2n) is 10.6. The van der Waals surface area contributed by atoms with Crippen LogP contribution in [0, 0.1) is 5.82 Å². The fraction of sp³-hybridized carbons (Fsp3) is 0.379. The van der Waals surface area contributed by atoms with Crippen LogP contribution in [0.2, 0.25) is 0 Å². The molecule has 2 heterocycles. The molecule has 2 aromatic heterocycles. The van der Waals surface area contributed by atoms with E-state index in [4.69, 9.17) is 14.2 Å². The minimum Gasteiger partial charge on any atom is -0.460 e. The molecule has 7 nitrogen and oxygen atoms in total. The molecule has 192 valence electrons. The lowest BCUT2D eigenvalue weighted by atomic mass is 10.1. The Morgan fingerprint density at radius 1 is 1.11 bits per heavy atom. The van der Waals surface area contributed by atoms with Crippen molar-refractivity contribution in [1.29, 1.82) is 0 Å². The zero-order valence-corrected chi connectivity index (χ0v) is 21.3. The van der Waals surface area contributed by atoms with Crippen LogP contribution in [0.5, 0.6) is 0 Å². The van der Waals surface area contributed by atoms with E-state index in [2.05, 4.69) is 5.16 Å². The number of esters is 1. The molecule has 0 N–H and O–H groups in total. The Labute approximate surface area is 214 Å². The second kappa shape index (κ2) is 9.92. The maximum absolute atomic E-state index is 13.6. The average Bonchev–Trinajstić information content (AvgIpc) is 3.58. The lowest BCUT2D eigenvalue weighted by Crippen LogP contribution is -2.24. The summed E-state index contributed by atoms with van der Waals surface area (Å²) in [4.78, 5) is 30.5. The normalized spacial score (nSPS) is 13.7. The molecule has 1 fully saturated rings. The van der Waals surface area contributed by atoms with Gasteiger partial charge in [-0.15, -0.1) is 0 Å². The number of hydrogen-bond donors (Lipinski definition) is 0. The number of aromatic nitrogens is 3. The topological polar surface area (TPSA) is 87.2 Å². The molecule has 0 atom stereocenters. The zero-order chi connectivity index (χ0) is 26.2. The number of carbonyl (C=O) groups is 1. The third-order valence-electron chi connectivity index (χ3n) is 6.28. The SMILES string of the molecule is CC(C)(C)OC(=O)CCCCc1nc2cc(-c3cc(C4CC4)on3)ccc2c(=O)n1-c1ccc(F)cc1. The number of carbonyl (C=O) groups excluding carboxylic acids is 1. The number of benzene rings is 2. The van der Waals surface area contributed by atoms with Crippen LogP contribution in [0.25, 0.3) is 27.8 Å². The first-order chi connectivity index (χ1) is 17.7. The number of aryl methyl sites for hydroxylation is 1. The van der Waals surface area contributed by atoms with E-state index >= 15 is 0 Å². The van der Waals surface area contributed by atoms with Crippen molar-refractivity contribution < 1.29 is 18.4 Å². The van der Waals surface area contributed by atoms with Crippen molar-refractivity contribution in [2.24, 2.45) is 0 Å². The summed E-state index contributed by atoms with van der Waals surface area (Å²) < 4.78 is 26.0. The Balaban J connectivity index is 1.46. The van der Waals surface area contributed by atoms with E-state index in [1.165, 1.54) is 16.7 Å². The number of nitrogens with zero attached hydrogens (tertiary/aromatic N) is 3. The predicted molar refractivity (Wildman–Crippen MR) is 138 cm³/mol. The number of rotatable bonds is 8. The highest BCUT2D eigenvalue weighted by molar-refractivity contribution is 5.83. The van der Waals surface area contributed by atoms with Gasteiger partial charge in [0.05, 0.1) is 16.6 Å². The van der Waals surface area contributed by atoms with Crippen molar-refractivity contribution in [1.82, 2.24) is 14.7 Å². The molecule has 0 aliphatic heterocycles. The molecule has 4 aromatic rings. The van der Waals surface area contributed by atoms with Gasteiger partial charge in [0.15, 0.2) is 0 Å². The van der Waals surface area contributed by atoms with Gasteiger partial charge in [-0.1, -0.05) is 11.2 Å². The maximum atomic E-state index is 13.6. The van der Waals surface area contributed by atoms with Gasteiger partial charge in [0.25, 0.3) is 5.56 Å². The van der Waals surface area contributed by atoms with Crippen molar-refractivity contribution in [3.8, 4) is 16.9 Å². The van der Waals surface area contributed by atoms with Crippen LogP contribution in [0.15, 0.2) is 57.8 Å². The molecule has 8 heteroatoms. The lowest BCUT2D eigenvalue weighted by molar-refractivity contribution is -0.154. The molecule has 1 aliphatic rings. The second-order valence-corrected chi connectivity index (χ2v) is 10.6. The quantitative estimate of drug-likeness (QED) is 0.213. The van der Waals surface area contributed by atoms with E-state index in [1.54, 1.807) is 18.2 Å². The molecule has 0 radical (unpaired) electrons. The van der Waals surface area contributed by atoms with Crippen LogP contribution < -0.4 is 5.56 Å². The minimum atomic E-state index is -0.527. The largest absolute Gasteiger partial charge is 0.460 e. The van der Waals surface area contributed by atoms with Gasteiger partial charge >= 0.3 is 5.97 Å². The highest BCUT2D eigenvalue weighted by atomic mass is 19.1. The Hall–Kier alpha value is -3.81. The summed E-state index contributed by atoms with van der Waals surface area (Å²) in [6, 6.07) is 13.2. The summed E-state index contributed by atoms with van der Waals surface area (Å²) in [5.74, 6) is 1.25. The number of fused-ring (bicyclic) bond motifs is 1. The van der Waals surface area contributed by atoms with Crippen LogP contribution in [0.4, 0.5) is 4.39 Å². The van der Waals surface area contributed by atoms with Crippen molar-refractivity contribution in [2.75, 3.05) is 0 Å². The van der Waals surface area contributed by atoms with E-state index in [-0.39, 0.29) is 23.8 Å². The summed E-state index contributed by atoms with van der Waals surface area (Å²) in [7, 11) is 0. The fourth-order valence-electron chi connectivity index (χ4n) is 4.35. The molecule has 1 saturated carbocycles. The van der Waals surface area contributed by atoms with Crippen molar-refractivity contribution >= 4 is 16.9 Å². The van der Waals surface area contributed by atoms with Crippen LogP contribution >= 0.6 is 0 Å². The van der Waals surface area contributed by atoms with E-state index < -0.39 is 5.60 Å². The van der Waals surface area contributed by atoms with Gasteiger partial charge in [-0.25, -0.2) is 9.37 Å². The molecular weight excluding hydrogens is 473 g/mol. The summed E-state index contributed by atoms with van der Waals surface area (Å²) in [6.45, 7) is 5.52. The highest BCUT2D eigenvalue weighted by Gasteiger charge is 2.28. The molecule has 0 amide bonds. The monoisotopic (exact) mass is 503 g/mol. The van der Waals surface area contributed by atoms with E-state index in [0.717, 1.165) is 24.2 Å². The summed E-state index contributed by atoms with van der Waals surface area (Å²) in [6.07, 6.45) is 4.21. The average molecular weight is 504 g/mol. The van der Waals surface area contributed by atoms with E-state index in [0.29, 0.717) is 53.3 Å². The van der Waals surface area contributed by atoms with Crippen LogP contribution in [0.1, 0.15) is 70.4 Å². The Morgan fingerprint density at radius 2 is 1.86 bits per heavy atom. The van der Waals surface area contributed by atoms with Gasteiger partial charge in [0, 0.05) is 30.4 Å². The number of halogens is 1. The van der Waals surface area contributed by atoms with Gasteiger partial charge in [-0.2, -0.15) is 0 Å². The highest BCUT2D eigenvalue weighted by Crippen LogP contribution is 2.41. The molecule has 0 bridgehead atoms. The van der Waals surface area contributed by atoms with Crippen molar-refractivity contribution in [2.45, 2.75) is 70.8 Å². The predicted octanol–water partition coefficient (Wildman–Crippen LogP) is 6.11. The minimum absolute atomic E-state index is 0.232. The third-order valence-corrected chi connectivity index (χ3v) is 6.28. The molecule has 0 saturated heterocycles. The van der Waals surface area contributed by atoms with Gasteiger partial charge in [-0.05, 0) is 82.9 Å². The smallest absolute Gasteiger partial charge is 0.306 e. The summed E-state index contributed by atoms with van der Waals surface area (Å²) >= 11 is 0. The molecule has 0 unspecified atom stereocenters. The molecule has 1 aliphatic carbocycles. The van der Waals surface area contributed by atoms with Crippen molar-refractivity contribution in [3.63, 3.8) is 0 Å². The lowest BCUT2D eigenvalue weighted by Gasteiger charge is -2.19. The van der Waals surface area contributed by atoms with Gasteiger partial charge < -0.3 is 9.26 Å². The molecular formula is C29H30FN3O4. The fourth-order valence-corrected chi connectivity index (χ4v) is 4.35. The van der Waals surface area contributed by atoms with Crippen LogP contribution in [-0.4, -0.2) is 26.3 Å². The first-order valence-electron chi connectivity index (χ1n) is 12.7. The first kappa shape index (κ1) is 24.9. The Morgan fingerprint density at radius 3 is 2.57 bits per heavy atom. The zero-order valence-electron chi connectivity index (χ0n) is 21.3. The standard InChI is InChI=1S/C29H30FN3O4/c1-29(2,3)36-27(34)7-5-4-6-26-31-24-16-19(23-17-25(37-32-23)18-8-9-18)10-15-22(24)28(35)33(26)21-13-11-20(30)12-14-21/h10-18H,4-9H2,1-3H3. The van der Waals surface area contributed by atoms with Crippen LogP contribution in [-0.2, 0) is 16.0 Å². The van der Waals surface area contributed by atoms with Gasteiger partial charge in [-0.3, -0.25) is 14.2 Å². The van der Waals surface area contributed by atoms with E-state index in [9.17, 15) is 14.0 Å². The van der Waals surface area contributed by atoms with Crippen molar-refractivity contribution in [3.05, 3.63) is 76.3 Å². The summed E-state index contributed by atoms with van der Waals surface area (Å²) in [5.41, 5.74) is 1.87. The first-order valence-corrected chi connectivity index (χ1v) is 12.7. The Bertz CT molecular complexity index is 1490. The van der Waals surface area contributed by atoms with Gasteiger partial charge in [0.1, 0.15) is 28.7 Å². The molecule has 0 spiro atoms. The maximum Gasteiger partial charge on any atom is 0.306 e.